The highest BCUT2D eigenvalue weighted by Crippen LogP contribution is 2.24. The predicted octanol–water partition coefficient (Wildman–Crippen LogP) is 3.64. The Morgan fingerprint density at radius 2 is 1.44 bits per heavy atom. The second-order valence-corrected chi connectivity index (χ2v) is 3.87. The molecule has 0 N–H and O–H groups in total. The van der Waals surface area contributed by atoms with Gasteiger partial charge in [0.15, 0.2) is 0 Å². The van der Waals surface area contributed by atoms with E-state index in [4.69, 9.17) is 0 Å². The van der Waals surface area contributed by atoms with Crippen LogP contribution >= 0.6 is 0 Å². The van der Waals surface area contributed by atoms with Crippen molar-refractivity contribution in [3.63, 3.8) is 0 Å². The summed E-state index contributed by atoms with van der Waals surface area (Å²) in [6, 6.07) is 4.25. The molecule has 0 aromatic carbocycles. The van der Waals surface area contributed by atoms with Gasteiger partial charge >= 0.3 is 0 Å². The van der Waals surface area contributed by atoms with Crippen molar-refractivity contribution in [2.75, 3.05) is 0 Å². The molecule has 2 heterocycles. The van der Waals surface area contributed by atoms with E-state index in [1.54, 1.807) is 12.4 Å². The summed E-state index contributed by atoms with van der Waals surface area (Å²) in [7, 11) is 0. The van der Waals surface area contributed by atoms with Crippen LogP contribution < -0.4 is 0 Å². The second-order valence-electron chi connectivity index (χ2n) is 3.87. The van der Waals surface area contributed by atoms with E-state index in [1.807, 2.05) is 21.5 Å². The van der Waals surface area contributed by atoms with Gasteiger partial charge in [0.25, 0.3) is 0 Å². The van der Waals surface area contributed by atoms with E-state index in [1.165, 1.54) is 11.1 Å². The van der Waals surface area contributed by atoms with Gasteiger partial charge in [-0.3, -0.25) is 0 Å². The standard InChI is InChI=1S/C14H16N2/c1-4-15-8-6-13(10-15)12(3)14-7-9-16(5-2)11-14/h4-12H,1-2H2,3H3. The third-order valence-corrected chi connectivity index (χ3v) is 2.90. The zero-order chi connectivity index (χ0) is 11.5. The summed E-state index contributed by atoms with van der Waals surface area (Å²) in [5.74, 6) is 0.391. The molecule has 0 aliphatic rings. The Hall–Kier alpha value is -1.96. The van der Waals surface area contributed by atoms with Crippen LogP contribution in [0.3, 0.4) is 0 Å². The van der Waals surface area contributed by atoms with Gasteiger partial charge in [-0.2, -0.15) is 0 Å². The Bertz CT molecular complexity index is 456. The lowest BCUT2D eigenvalue weighted by Gasteiger charge is -2.06. The summed E-state index contributed by atoms with van der Waals surface area (Å²) in [5.41, 5.74) is 2.59. The maximum absolute atomic E-state index is 3.74. The first-order valence-electron chi connectivity index (χ1n) is 5.34. The van der Waals surface area contributed by atoms with Gasteiger partial charge in [-0.25, -0.2) is 0 Å². The highest BCUT2D eigenvalue weighted by molar-refractivity contribution is 5.34. The molecule has 2 heteroatoms. The van der Waals surface area contributed by atoms with Gasteiger partial charge in [-0.1, -0.05) is 20.1 Å². The number of rotatable bonds is 4. The molecule has 0 amide bonds. The first-order chi connectivity index (χ1) is 7.74. The first-order valence-corrected chi connectivity index (χ1v) is 5.34. The lowest BCUT2D eigenvalue weighted by atomic mass is 9.98. The number of hydrogen-bond donors (Lipinski definition) is 0. The smallest absolute Gasteiger partial charge is 0.0120 e. The molecule has 16 heavy (non-hydrogen) atoms. The molecule has 0 saturated heterocycles. The van der Waals surface area contributed by atoms with Crippen molar-refractivity contribution in [1.82, 2.24) is 9.13 Å². The molecule has 82 valence electrons. The van der Waals surface area contributed by atoms with E-state index >= 15 is 0 Å². The molecule has 0 aliphatic heterocycles. The van der Waals surface area contributed by atoms with Crippen molar-refractivity contribution in [2.24, 2.45) is 0 Å². The lowest BCUT2D eigenvalue weighted by Crippen LogP contribution is -1.92. The van der Waals surface area contributed by atoms with Crippen molar-refractivity contribution >= 4 is 12.4 Å². The first kappa shape index (κ1) is 10.6. The zero-order valence-corrected chi connectivity index (χ0v) is 9.50. The molecular formula is C14H16N2. The molecule has 0 saturated carbocycles. The average Bonchev–Trinajstić information content (AvgIpc) is 2.97. The summed E-state index contributed by atoms with van der Waals surface area (Å²) in [6.07, 6.45) is 11.8. The molecule has 0 bridgehead atoms. The fraction of sp³-hybridized carbons (Fsp3) is 0.143. The number of hydrogen-bond acceptors (Lipinski definition) is 0. The van der Waals surface area contributed by atoms with Gasteiger partial charge in [0.1, 0.15) is 0 Å². The van der Waals surface area contributed by atoms with Crippen molar-refractivity contribution in [3.8, 4) is 0 Å². The molecule has 2 aromatic heterocycles. The fourth-order valence-electron chi connectivity index (χ4n) is 1.79. The van der Waals surface area contributed by atoms with Gasteiger partial charge in [0.05, 0.1) is 0 Å². The van der Waals surface area contributed by atoms with Crippen LogP contribution in [0.15, 0.2) is 50.1 Å². The summed E-state index contributed by atoms with van der Waals surface area (Å²) >= 11 is 0. The molecule has 2 aromatic rings. The summed E-state index contributed by atoms with van der Waals surface area (Å²) in [6.45, 7) is 9.68. The highest BCUT2D eigenvalue weighted by Gasteiger charge is 2.10. The van der Waals surface area contributed by atoms with Crippen LogP contribution in [0.2, 0.25) is 0 Å². The van der Waals surface area contributed by atoms with E-state index < -0.39 is 0 Å². The third kappa shape index (κ3) is 1.87. The van der Waals surface area contributed by atoms with Crippen molar-refractivity contribution < 1.29 is 0 Å². The Kier molecular flexibility index (Phi) is 2.82. The topological polar surface area (TPSA) is 9.86 Å². The van der Waals surface area contributed by atoms with Gasteiger partial charge in [0.2, 0.25) is 0 Å². The molecule has 0 unspecified atom stereocenters. The normalized spacial score (nSPS) is 10.6. The summed E-state index contributed by atoms with van der Waals surface area (Å²) < 4.78 is 3.94. The summed E-state index contributed by atoms with van der Waals surface area (Å²) in [5, 5.41) is 0. The largest absolute Gasteiger partial charge is 0.331 e. The van der Waals surface area contributed by atoms with E-state index in [0.29, 0.717) is 5.92 Å². The predicted molar refractivity (Wildman–Crippen MR) is 69.2 cm³/mol. The van der Waals surface area contributed by atoms with Crippen LogP contribution in [0.4, 0.5) is 0 Å². The van der Waals surface area contributed by atoms with E-state index in [9.17, 15) is 0 Å². The Balaban J connectivity index is 2.26. The van der Waals surface area contributed by atoms with E-state index in [2.05, 4.69) is 44.6 Å². The molecule has 0 fully saturated rings. The van der Waals surface area contributed by atoms with Gasteiger partial charge < -0.3 is 9.13 Å². The van der Waals surface area contributed by atoms with Gasteiger partial charge in [-0.05, 0) is 23.3 Å². The van der Waals surface area contributed by atoms with Crippen molar-refractivity contribution in [3.05, 3.63) is 61.2 Å². The zero-order valence-electron chi connectivity index (χ0n) is 9.50. The van der Waals surface area contributed by atoms with Crippen LogP contribution in [0.5, 0.6) is 0 Å². The van der Waals surface area contributed by atoms with Crippen LogP contribution in [0.1, 0.15) is 24.0 Å². The summed E-state index contributed by atoms with van der Waals surface area (Å²) in [4.78, 5) is 0. The quantitative estimate of drug-likeness (QED) is 0.732. The molecule has 2 rings (SSSR count). The molecule has 0 radical (unpaired) electrons. The minimum Gasteiger partial charge on any atom is -0.331 e. The van der Waals surface area contributed by atoms with Crippen LogP contribution in [-0.2, 0) is 0 Å². The maximum atomic E-state index is 3.74. The van der Waals surface area contributed by atoms with E-state index in [-0.39, 0.29) is 0 Å². The minimum atomic E-state index is 0.391. The Labute approximate surface area is 96.1 Å². The minimum absolute atomic E-state index is 0.391. The van der Waals surface area contributed by atoms with Crippen LogP contribution in [-0.4, -0.2) is 9.13 Å². The number of aromatic nitrogens is 2. The number of nitrogens with zero attached hydrogens (tertiary/aromatic N) is 2. The molecule has 0 spiro atoms. The Morgan fingerprint density at radius 1 is 1.00 bits per heavy atom. The third-order valence-electron chi connectivity index (χ3n) is 2.90. The fourth-order valence-corrected chi connectivity index (χ4v) is 1.79. The molecule has 0 atom stereocenters. The Morgan fingerprint density at radius 3 is 1.75 bits per heavy atom. The van der Waals surface area contributed by atoms with Crippen molar-refractivity contribution in [2.45, 2.75) is 12.8 Å². The van der Waals surface area contributed by atoms with E-state index in [0.717, 1.165) is 0 Å². The molecule has 0 aliphatic carbocycles. The second kappa shape index (κ2) is 4.27. The van der Waals surface area contributed by atoms with Crippen LogP contribution in [0, 0.1) is 0 Å². The lowest BCUT2D eigenvalue weighted by molar-refractivity contribution is 0.918. The van der Waals surface area contributed by atoms with Crippen LogP contribution in [0.25, 0.3) is 12.4 Å². The maximum Gasteiger partial charge on any atom is 0.0120 e. The SMILES string of the molecule is C=Cn1ccc(C(C)c2ccn(C=C)c2)c1. The van der Waals surface area contributed by atoms with Gasteiger partial charge in [0, 0.05) is 43.1 Å². The average molecular weight is 212 g/mol. The molecule has 2 nitrogen and oxygen atoms in total. The highest BCUT2D eigenvalue weighted by atomic mass is 14.9. The monoisotopic (exact) mass is 212 g/mol. The van der Waals surface area contributed by atoms with Gasteiger partial charge in [-0.15, -0.1) is 0 Å². The molecular weight excluding hydrogens is 196 g/mol. The van der Waals surface area contributed by atoms with Crippen molar-refractivity contribution in [1.29, 1.82) is 0 Å².